The fraction of sp³-hybridized carbons (Fsp3) is 1.00. The van der Waals surface area contributed by atoms with E-state index in [0.717, 1.165) is 0 Å². The van der Waals surface area contributed by atoms with E-state index in [2.05, 4.69) is 0 Å². The summed E-state index contributed by atoms with van der Waals surface area (Å²) in [4.78, 5) is 0. The number of hydrogen-bond acceptors (Lipinski definition) is 6. The third kappa shape index (κ3) is 3.13. The van der Waals surface area contributed by atoms with Crippen LogP contribution in [0.5, 0.6) is 0 Å². The molecule has 0 aromatic heterocycles. The SMILES string of the molecule is CC(C)CO[C@@H]1OC(CO)[C@H](O)C(O)C1O. The van der Waals surface area contributed by atoms with Gasteiger partial charge in [-0.2, -0.15) is 0 Å². The molecule has 0 aromatic rings. The Bertz CT molecular complexity index is 207. The smallest absolute Gasteiger partial charge is 0.186 e. The van der Waals surface area contributed by atoms with Crippen molar-refractivity contribution < 1.29 is 29.9 Å². The Morgan fingerprint density at radius 2 is 1.75 bits per heavy atom. The maximum Gasteiger partial charge on any atom is 0.186 e. The third-order valence-electron chi connectivity index (χ3n) is 2.44. The van der Waals surface area contributed by atoms with Gasteiger partial charge in [-0.25, -0.2) is 0 Å². The quantitative estimate of drug-likeness (QED) is 0.472. The molecule has 4 N–H and O–H groups in total. The first-order chi connectivity index (χ1) is 7.47. The highest BCUT2D eigenvalue weighted by molar-refractivity contribution is 4.88. The molecule has 1 saturated heterocycles. The van der Waals surface area contributed by atoms with Crippen molar-refractivity contribution in [3.05, 3.63) is 0 Å². The van der Waals surface area contributed by atoms with E-state index in [1.807, 2.05) is 13.8 Å². The van der Waals surface area contributed by atoms with Gasteiger partial charge in [-0.3, -0.25) is 0 Å². The van der Waals surface area contributed by atoms with E-state index in [-0.39, 0.29) is 5.92 Å². The highest BCUT2D eigenvalue weighted by Gasteiger charge is 2.43. The summed E-state index contributed by atoms with van der Waals surface area (Å²) in [5.41, 5.74) is 0. The topological polar surface area (TPSA) is 99.4 Å². The second-order valence-electron chi connectivity index (χ2n) is 4.42. The molecule has 1 fully saturated rings. The van der Waals surface area contributed by atoms with E-state index in [1.165, 1.54) is 0 Å². The van der Waals surface area contributed by atoms with Crippen LogP contribution in [0, 0.1) is 5.92 Å². The van der Waals surface area contributed by atoms with Gasteiger partial charge in [0, 0.05) is 0 Å². The average Bonchev–Trinajstić information content (AvgIpc) is 2.25. The molecular formula is C10H20O6. The summed E-state index contributed by atoms with van der Waals surface area (Å²) >= 11 is 0. The van der Waals surface area contributed by atoms with E-state index in [4.69, 9.17) is 14.6 Å². The van der Waals surface area contributed by atoms with Crippen LogP contribution in [0.25, 0.3) is 0 Å². The fourth-order valence-electron chi connectivity index (χ4n) is 1.49. The van der Waals surface area contributed by atoms with Gasteiger partial charge in [0.15, 0.2) is 6.29 Å². The lowest BCUT2D eigenvalue weighted by Gasteiger charge is -2.39. The lowest BCUT2D eigenvalue weighted by Crippen LogP contribution is -2.59. The first-order valence-corrected chi connectivity index (χ1v) is 5.39. The average molecular weight is 236 g/mol. The zero-order chi connectivity index (χ0) is 12.3. The molecule has 6 nitrogen and oxygen atoms in total. The van der Waals surface area contributed by atoms with Crippen LogP contribution in [0.4, 0.5) is 0 Å². The molecule has 96 valence electrons. The summed E-state index contributed by atoms with van der Waals surface area (Å²) in [6, 6.07) is 0. The van der Waals surface area contributed by atoms with Gasteiger partial charge in [0.25, 0.3) is 0 Å². The van der Waals surface area contributed by atoms with Crippen molar-refractivity contribution in [3.8, 4) is 0 Å². The zero-order valence-electron chi connectivity index (χ0n) is 9.48. The number of rotatable bonds is 4. The Morgan fingerprint density at radius 1 is 1.12 bits per heavy atom. The van der Waals surface area contributed by atoms with E-state index >= 15 is 0 Å². The summed E-state index contributed by atoms with van der Waals surface area (Å²) in [5, 5.41) is 37.5. The van der Waals surface area contributed by atoms with Crippen LogP contribution in [-0.4, -0.2) is 64.3 Å². The minimum absolute atomic E-state index is 0.257. The van der Waals surface area contributed by atoms with Gasteiger partial charge in [-0.1, -0.05) is 13.8 Å². The van der Waals surface area contributed by atoms with Crippen molar-refractivity contribution in [3.63, 3.8) is 0 Å². The Morgan fingerprint density at radius 3 is 2.25 bits per heavy atom. The van der Waals surface area contributed by atoms with Gasteiger partial charge in [0.1, 0.15) is 24.4 Å². The van der Waals surface area contributed by atoms with Crippen molar-refractivity contribution in [1.82, 2.24) is 0 Å². The molecule has 3 unspecified atom stereocenters. The van der Waals surface area contributed by atoms with Gasteiger partial charge >= 0.3 is 0 Å². The van der Waals surface area contributed by atoms with Crippen molar-refractivity contribution in [2.45, 2.75) is 44.6 Å². The summed E-state index contributed by atoms with van der Waals surface area (Å²) in [6.07, 6.45) is -5.94. The normalized spacial score (nSPS) is 40.3. The molecule has 0 amide bonds. The maximum atomic E-state index is 9.59. The van der Waals surface area contributed by atoms with Crippen LogP contribution in [0.15, 0.2) is 0 Å². The first-order valence-electron chi connectivity index (χ1n) is 5.39. The molecule has 16 heavy (non-hydrogen) atoms. The van der Waals surface area contributed by atoms with Crippen LogP contribution < -0.4 is 0 Å². The molecule has 6 heteroatoms. The van der Waals surface area contributed by atoms with E-state index in [0.29, 0.717) is 6.61 Å². The molecule has 0 aromatic carbocycles. The molecular weight excluding hydrogens is 216 g/mol. The second kappa shape index (κ2) is 5.90. The summed E-state index contributed by atoms with van der Waals surface area (Å²) in [6.45, 7) is 3.79. The van der Waals surface area contributed by atoms with Crippen molar-refractivity contribution in [1.29, 1.82) is 0 Å². The number of hydrogen-bond donors (Lipinski definition) is 4. The number of aliphatic hydroxyl groups is 4. The molecule has 0 bridgehead atoms. The monoisotopic (exact) mass is 236 g/mol. The highest BCUT2D eigenvalue weighted by atomic mass is 16.7. The maximum absolute atomic E-state index is 9.59. The number of ether oxygens (including phenoxy) is 2. The molecule has 0 saturated carbocycles. The van der Waals surface area contributed by atoms with E-state index in [9.17, 15) is 15.3 Å². The molecule has 5 atom stereocenters. The summed E-state index contributed by atoms with van der Waals surface area (Å²) in [5.74, 6) is 0.257. The molecule has 1 heterocycles. The highest BCUT2D eigenvalue weighted by Crippen LogP contribution is 2.22. The molecule has 0 radical (unpaired) electrons. The van der Waals surface area contributed by atoms with Crippen molar-refractivity contribution in [2.24, 2.45) is 5.92 Å². The van der Waals surface area contributed by atoms with Crippen LogP contribution >= 0.6 is 0 Å². The first kappa shape index (κ1) is 13.8. The lowest BCUT2D eigenvalue weighted by atomic mass is 9.99. The van der Waals surface area contributed by atoms with Gasteiger partial charge in [-0.05, 0) is 5.92 Å². The minimum atomic E-state index is -1.37. The Kier molecular flexibility index (Phi) is 5.10. The van der Waals surface area contributed by atoms with Gasteiger partial charge < -0.3 is 29.9 Å². The molecule has 1 aliphatic heterocycles. The van der Waals surface area contributed by atoms with Crippen molar-refractivity contribution >= 4 is 0 Å². The van der Waals surface area contributed by atoms with Gasteiger partial charge in [0.2, 0.25) is 0 Å². The number of aliphatic hydroxyl groups excluding tert-OH is 4. The van der Waals surface area contributed by atoms with Crippen molar-refractivity contribution in [2.75, 3.05) is 13.2 Å². The molecule has 0 aliphatic carbocycles. The van der Waals surface area contributed by atoms with E-state index < -0.39 is 37.3 Å². The van der Waals surface area contributed by atoms with Crippen LogP contribution in [-0.2, 0) is 9.47 Å². The van der Waals surface area contributed by atoms with Crippen LogP contribution in [0.3, 0.4) is 0 Å². The molecule has 1 aliphatic rings. The summed E-state index contributed by atoms with van der Waals surface area (Å²) in [7, 11) is 0. The van der Waals surface area contributed by atoms with E-state index in [1.54, 1.807) is 0 Å². The lowest BCUT2D eigenvalue weighted by molar-refractivity contribution is -0.302. The van der Waals surface area contributed by atoms with Gasteiger partial charge in [-0.15, -0.1) is 0 Å². The molecule has 0 spiro atoms. The minimum Gasteiger partial charge on any atom is -0.394 e. The molecule has 1 rings (SSSR count). The third-order valence-corrected chi connectivity index (χ3v) is 2.44. The fourth-order valence-corrected chi connectivity index (χ4v) is 1.49. The Labute approximate surface area is 94.4 Å². The second-order valence-corrected chi connectivity index (χ2v) is 4.42. The van der Waals surface area contributed by atoms with Crippen LogP contribution in [0.2, 0.25) is 0 Å². The van der Waals surface area contributed by atoms with Gasteiger partial charge in [0.05, 0.1) is 13.2 Å². The largest absolute Gasteiger partial charge is 0.394 e. The Balaban J connectivity index is 2.56. The Hall–Kier alpha value is -0.240. The predicted molar refractivity (Wildman–Crippen MR) is 54.6 cm³/mol. The zero-order valence-corrected chi connectivity index (χ0v) is 9.48. The summed E-state index contributed by atoms with van der Waals surface area (Å²) < 4.78 is 10.4. The van der Waals surface area contributed by atoms with Crippen LogP contribution in [0.1, 0.15) is 13.8 Å². The standard InChI is InChI=1S/C10H20O6/c1-5(2)4-15-10-9(14)8(13)7(12)6(3-11)16-10/h5-14H,3-4H2,1-2H3/t6?,7-,8?,9?,10+/m0/s1. The predicted octanol–water partition coefficient (Wildman–Crippen LogP) is -1.54.